The number of amides is 2. The minimum absolute atomic E-state index is 0.313. The molecule has 2 N–H and O–H groups in total. The topological polar surface area (TPSA) is 266 Å². The number of halogens is 2. The van der Waals surface area contributed by atoms with E-state index in [9.17, 15) is 54.6 Å². The van der Waals surface area contributed by atoms with Crippen molar-refractivity contribution >= 4 is 66.0 Å². The summed E-state index contributed by atoms with van der Waals surface area (Å²) in [5.74, 6) is -2.02. The molecule has 0 atom stereocenters. The van der Waals surface area contributed by atoms with Crippen LogP contribution in [0.2, 0.25) is 10.0 Å². The lowest BCUT2D eigenvalue weighted by Gasteiger charge is -2.09. The first-order valence-corrected chi connectivity index (χ1v) is 12.3. The van der Waals surface area contributed by atoms with E-state index in [0.717, 1.165) is 12.1 Å². The molecule has 2 aromatic rings. The first-order valence-electron chi connectivity index (χ1n) is 10.3. The molecule has 0 heterocycles. The van der Waals surface area contributed by atoms with Crippen LogP contribution in [0.4, 0.5) is 22.7 Å². The summed E-state index contributed by atoms with van der Waals surface area (Å²) in [5.41, 5.74) is -4.28. The van der Waals surface area contributed by atoms with E-state index in [1.807, 2.05) is 0 Å². The van der Waals surface area contributed by atoms with Crippen LogP contribution in [0.5, 0.6) is 0 Å². The second-order valence-corrected chi connectivity index (χ2v) is 8.97. The number of hydrogen-bond acceptors (Lipinski definition) is 13. The van der Waals surface area contributed by atoms with Gasteiger partial charge in [0.1, 0.15) is 10.0 Å². The molecule has 0 aliphatic rings. The number of benzene rings is 2. The summed E-state index contributed by atoms with van der Waals surface area (Å²) in [6.07, 6.45) is 0. The molecule has 40 heavy (non-hydrogen) atoms. The number of nitrogens with one attached hydrogen (secondary N) is 2. The summed E-state index contributed by atoms with van der Waals surface area (Å²) in [6, 6.07) is 2.67. The van der Waals surface area contributed by atoms with Gasteiger partial charge in [-0.25, -0.2) is 0 Å². The molecular weight excluding hydrogens is 610 g/mol. The van der Waals surface area contributed by atoms with Crippen molar-refractivity contribution in [2.75, 3.05) is 26.3 Å². The predicted molar refractivity (Wildman–Crippen MR) is 135 cm³/mol. The van der Waals surface area contributed by atoms with Crippen molar-refractivity contribution < 1.29 is 42.9 Å². The number of non-ortho nitro benzene ring substituents is 2. The Kier molecular flexibility index (Phi) is 11.3. The zero-order valence-electron chi connectivity index (χ0n) is 19.5. The lowest BCUT2D eigenvalue weighted by Crippen LogP contribution is -2.28. The van der Waals surface area contributed by atoms with Crippen molar-refractivity contribution in [2.45, 2.75) is 0 Å². The SMILES string of the molecule is O=C(NCCO[PH](=O)OCCNC(=O)c1cc([N+](=O)[O-])cc([N+](=O)[O-])c1Cl)c1cc([N+](=O)[O-])cc([N+](=O)[O-])c1Cl. The van der Waals surface area contributed by atoms with Gasteiger partial charge in [0.15, 0.2) is 0 Å². The number of nitro groups is 4. The van der Waals surface area contributed by atoms with Gasteiger partial charge in [0.2, 0.25) is 0 Å². The molecule has 214 valence electrons. The van der Waals surface area contributed by atoms with Crippen LogP contribution in [0.25, 0.3) is 0 Å². The number of rotatable bonds is 14. The first-order chi connectivity index (χ1) is 18.7. The van der Waals surface area contributed by atoms with Gasteiger partial charge in [-0.15, -0.1) is 0 Å². The third-order valence-electron chi connectivity index (χ3n) is 4.60. The van der Waals surface area contributed by atoms with E-state index in [2.05, 4.69) is 10.6 Å². The summed E-state index contributed by atoms with van der Waals surface area (Å²) in [6.45, 7) is -1.41. The van der Waals surface area contributed by atoms with Crippen molar-refractivity contribution in [3.05, 3.63) is 85.9 Å². The van der Waals surface area contributed by atoms with Crippen LogP contribution in [-0.2, 0) is 13.6 Å². The average molecular weight is 625 g/mol. The fourth-order valence-electron chi connectivity index (χ4n) is 2.83. The van der Waals surface area contributed by atoms with Crippen molar-refractivity contribution in [2.24, 2.45) is 0 Å². The van der Waals surface area contributed by atoms with Gasteiger partial charge in [-0.05, 0) is 0 Å². The normalized spacial score (nSPS) is 10.7. The van der Waals surface area contributed by atoms with Gasteiger partial charge in [0.25, 0.3) is 34.6 Å². The van der Waals surface area contributed by atoms with Crippen molar-refractivity contribution in [3.8, 4) is 0 Å². The molecule has 0 spiro atoms. The van der Waals surface area contributed by atoms with E-state index in [0.29, 0.717) is 12.1 Å². The largest absolute Gasteiger partial charge is 0.350 e. The molecule has 19 nitrogen and oxygen atoms in total. The minimum Gasteiger partial charge on any atom is -0.350 e. The molecule has 0 aromatic heterocycles. The highest BCUT2D eigenvalue weighted by Gasteiger charge is 2.27. The number of carbonyl (C=O) groups is 2. The lowest BCUT2D eigenvalue weighted by molar-refractivity contribution is -0.394. The molecule has 0 radical (unpaired) electrons. The Balaban J connectivity index is 1.83. The van der Waals surface area contributed by atoms with E-state index in [1.54, 1.807) is 0 Å². The molecule has 0 unspecified atom stereocenters. The van der Waals surface area contributed by atoms with E-state index < -0.39 is 96.9 Å². The third-order valence-corrected chi connectivity index (χ3v) is 6.27. The van der Waals surface area contributed by atoms with E-state index in [4.69, 9.17) is 32.2 Å². The van der Waals surface area contributed by atoms with Crippen molar-refractivity contribution in [3.63, 3.8) is 0 Å². The molecular formula is C18H15Cl2N6O13P. The van der Waals surface area contributed by atoms with Crippen LogP contribution in [0, 0.1) is 40.5 Å². The Hall–Kier alpha value is -4.29. The summed E-state index contributed by atoms with van der Waals surface area (Å²) < 4.78 is 21.5. The Morgan fingerprint density at radius 1 is 0.700 bits per heavy atom. The van der Waals surface area contributed by atoms with Crippen molar-refractivity contribution in [1.29, 1.82) is 0 Å². The number of hydrogen-bond donors (Lipinski definition) is 2. The number of nitro benzene ring substituents is 4. The summed E-state index contributed by atoms with van der Waals surface area (Å²) in [7, 11) is -3.16. The van der Waals surface area contributed by atoms with Gasteiger partial charge >= 0.3 is 8.25 Å². The highest BCUT2D eigenvalue weighted by molar-refractivity contribution is 7.33. The van der Waals surface area contributed by atoms with E-state index in [1.165, 1.54) is 0 Å². The van der Waals surface area contributed by atoms with Gasteiger partial charge in [0.05, 0.1) is 56.2 Å². The van der Waals surface area contributed by atoms with Crippen LogP contribution in [0.3, 0.4) is 0 Å². The summed E-state index contributed by atoms with van der Waals surface area (Å²) in [4.78, 5) is 64.7. The maximum absolute atomic E-state index is 12.3. The molecule has 22 heteroatoms. The third kappa shape index (κ3) is 8.35. The molecule has 0 aliphatic carbocycles. The molecule has 0 saturated carbocycles. The molecule has 0 saturated heterocycles. The summed E-state index contributed by atoms with van der Waals surface area (Å²) in [5, 5.41) is 47.2. The van der Waals surface area contributed by atoms with Crippen LogP contribution in [0.15, 0.2) is 24.3 Å². The highest BCUT2D eigenvalue weighted by Crippen LogP contribution is 2.34. The Labute approximate surface area is 231 Å². The molecule has 2 aromatic carbocycles. The Morgan fingerprint density at radius 3 is 1.35 bits per heavy atom. The van der Waals surface area contributed by atoms with Crippen LogP contribution >= 0.6 is 31.5 Å². The van der Waals surface area contributed by atoms with Crippen LogP contribution < -0.4 is 10.6 Å². The predicted octanol–water partition coefficient (Wildman–Crippen LogP) is 3.21. The lowest BCUT2D eigenvalue weighted by atomic mass is 10.1. The average Bonchev–Trinajstić information content (AvgIpc) is 2.88. The van der Waals surface area contributed by atoms with Crippen LogP contribution in [-0.4, -0.2) is 57.8 Å². The molecule has 0 fully saturated rings. The number of carbonyl (C=O) groups excluding carboxylic acids is 2. The molecule has 0 bridgehead atoms. The standard InChI is InChI=1S/C18H15Cl2N6O13P/c19-15-11(5-9(23(29)30)7-13(15)25(33)34)17(27)21-1-3-38-40(37)39-4-2-22-18(28)12-6-10(24(31)32)8-14(16(12)20)26(35)36/h5-8,40H,1-4H2,(H,21,27)(H,22,28). The van der Waals surface area contributed by atoms with Gasteiger partial charge in [-0.3, -0.25) is 54.6 Å². The van der Waals surface area contributed by atoms with Crippen LogP contribution in [0.1, 0.15) is 20.7 Å². The highest BCUT2D eigenvalue weighted by atomic mass is 35.5. The Bertz CT molecular complexity index is 1320. The molecule has 2 rings (SSSR count). The van der Waals surface area contributed by atoms with E-state index in [-0.39, 0.29) is 13.1 Å². The maximum atomic E-state index is 12.3. The minimum atomic E-state index is -3.16. The van der Waals surface area contributed by atoms with Crippen molar-refractivity contribution in [1.82, 2.24) is 10.6 Å². The first kappa shape index (κ1) is 31.9. The molecule has 2 amide bonds. The Morgan fingerprint density at radius 2 is 1.05 bits per heavy atom. The second kappa shape index (κ2) is 14.2. The maximum Gasteiger partial charge on any atom is 0.319 e. The zero-order valence-corrected chi connectivity index (χ0v) is 22.0. The fourth-order valence-corrected chi connectivity index (χ4v) is 3.97. The quantitative estimate of drug-likeness (QED) is 0.132. The van der Waals surface area contributed by atoms with Gasteiger partial charge < -0.3 is 19.7 Å². The molecule has 0 aliphatic heterocycles. The monoisotopic (exact) mass is 624 g/mol. The smallest absolute Gasteiger partial charge is 0.319 e. The fraction of sp³-hybridized carbons (Fsp3) is 0.222. The van der Waals surface area contributed by atoms with Gasteiger partial charge in [-0.2, -0.15) is 0 Å². The summed E-state index contributed by atoms with van der Waals surface area (Å²) >= 11 is 11.6. The number of nitrogens with zero attached hydrogens (tertiary/aromatic N) is 4. The second-order valence-electron chi connectivity index (χ2n) is 7.14. The van der Waals surface area contributed by atoms with Gasteiger partial charge in [0, 0.05) is 25.2 Å². The zero-order chi connectivity index (χ0) is 30.1. The van der Waals surface area contributed by atoms with Gasteiger partial charge in [-0.1, -0.05) is 23.2 Å². The van der Waals surface area contributed by atoms with E-state index >= 15 is 0 Å².